The fraction of sp³-hybridized carbons (Fsp3) is 0.625. The predicted octanol–water partition coefficient (Wildman–Crippen LogP) is 1.74. The molecule has 5 unspecified atom stereocenters. The molecule has 1 aliphatic rings. The van der Waals surface area contributed by atoms with Crippen molar-refractivity contribution in [3.05, 3.63) is 35.9 Å². The molecule has 4 nitrogen and oxygen atoms in total. The second kappa shape index (κ2) is 7.18. The smallest absolute Gasteiger partial charge is 0.113 e. The van der Waals surface area contributed by atoms with E-state index in [0.717, 1.165) is 12.0 Å². The molecule has 2 rings (SSSR count). The van der Waals surface area contributed by atoms with Gasteiger partial charge in [0.1, 0.15) is 12.2 Å². The van der Waals surface area contributed by atoms with Gasteiger partial charge in [-0.2, -0.15) is 0 Å². The zero-order valence-corrected chi connectivity index (χ0v) is 12.1. The lowest BCUT2D eigenvalue weighted by Crippen LogP contribution is -2.55. The maximum Gasteiger partial charge on any atom is 0.113 e. The van der Waals surface area contributed by atoms with Crippen molar-refractivity contribution in [2.24, 2.45) is 5.92 Å². The van der Waals surface area contributed by atoms with Gasteiger partial charge in [-0.1, -0.05) is 44.2 Å². The van der Waals surface area contributed by atoms with E-state index in [1.54, 1.807) is 0 Å². The molecule has 1 aromatic rings. The molecule has 2 N–H and O–H groups in total. The van der Waals surface area contributed by atoms with E-state index >= 15 is 0 Å². The summed E-state index contributed by atoms with van der Waals surface area (Å²) in [5.41, 5.74) is 1.04. The van der Waals surface area contributed by atoms with Gasteiger partial charge in [0.25, 0.3) is 0 Å². The van der Waals surface area contributed by atoms with Gasteiger partial charge < -0.3 is 19.7 Å². The highest BCUT2D eigenvalue weighted by molar-refractivity contribution is 5.13. The normalized spacial score (nSPS) is 34.1. The second-order valence-corrected chi connectivity index (χ2v) is 5.41. The van der Waals surface area contributed by atoms with Crippen molar-refractivity contribution < 1.29 is 19.7 Å². The van der Waals surface area contributed by atoms with Crippen LogP contribution in [-0.2, 0) is 16.1 Å². The predicted molar refractivity (Wildman–Crippen MR) is 76.2 cm³/mol. The summed E-state index contributed by atoms with van der Waals surface area (Å²) in [5, 5.41) is 19.9. The maximum absolute atomic E-state index is 10.4. The molecule has 1 saturated heterocycles. The second-order valence-electron chi connectivity index (χ2n) is 5.41. The first-order chi connectivity index (χ1) is 9.67. The Morgan fingerprint density at radius 1 is 1.20 bits per heavy atom. The summed E-state index contributed by atoms with van der Waals surface area (Å²) >= 11 is 0. The molecule has 1 aromatic carbocycles. The molecule has 0 saturated carbocycles. The molecule has 5 atom stereocenters. The number of aliphatic hydroxyl groups is 2. The topological polar surface area (TPSA) is 58.9 Å². The van der Waals surface area contributed by atoms with Crippen molar-refractivity contribution in [2.45, 2.75) is 51.3 Å². The van der Waals surface area contributed by atoms with E-state index in [4.69, 9.17) is 9.47 Å². The van der Waals surface area contributed by atoms with Gasteiger partial charge in [-0.15, -0.1) is 0 Å². The van der Waals surface area contributed by atoms with Crippen LogP contribution in [0.15, 0.2) is 30.3 Å². The molecule has 0 aliphatic carbocycles. The van der Waals surface area contributed by atoms with Gasteiger partial charge in [0.15, 0.2) is 0 Å². The quantitative estimate of drug-likeness (QED) is 0.862. The Hall–Kier alpha value is -0.940. The van der Waals surface area contributed by atoms with Crippen molar-refractivity contribution in [2.75, 3.05) is 6.61 Å². The fourth-order valence-corrected chi connectivity index (χ4v) is 2.75. The van der Waals surface area contributed by atoms with E-state index in [2.05, 4.69) is 0 Å². The van der Waals surface area contributed by atoms with Crippen molar-refractivity contribution >= 4 is 0 Å². The first kappa shape index (κ1) is 15.4. The molecular weight excluding hydrogens is 256 g/mol. The summed E-state index contributed by atoms with van der Waals surface area (Å²) in [6.07, 6.45) is -0.777. The number of rotatable bonds is 5. The molecule has 0 radical (unpaired) electrons. The Morgan fingerprint density at radius 3 is 2.50 bits per heavy atom. The van der Waals surface area contributed by atoms with E-state index in [1.165, 1.54) is 0 Å². The largest absolute Gasteiger partial charge is 0.394 e. The number of ether oxygens (including phenoxy) is 2. The third-order valence-electron chi connectivity index (χ3n) is 4.05. The summed E-state index contributed by atoms with van der Waals surface area (Å²) in [6, 6.07) is 9.80. The van der Waals surface area contributed by atoms with Crippen molar-refractivity contribution in [3.63, 3.8) is 0 Å². The highest BCUT2D eigenvalue weighted by atomic mass is 16.6. The van der Waals surface area contributed by atoms with Gasteiger partial charge in [0, 0.05) is 5.92 Å². The molecule has 1 aliphatic heterocycles. The van der Waals surface area contributed by atoms with Crippen LogP contribution in [0.3, 0.4) is 0 Å². The Bertz CT molecular complexity index is 393. The van der Waals surface area contributed by atoms with Gasteiger partial charge in [-0.3, -0.25) is 0 Å². The van der Waals surface area contributed by atoms with Crippen molar-refractivity contribution in [1.29, 1.82) is 0 Å². The van der Waals surface area contributed by atoms with Crippen molar-refractivity contribution in [1.82, 2.24) is 0 Å². The van der Waals surface area contributed by atoms with Gasteiger partial charge in [0.05, 0.1) is 25.4 Å². The van der Waals surface area contributed by atoms with Crippen LogP contribution in [-0.4, -0.2) is 41.2 Å². The average Bonchev–Trinajstić information content (AvgIpc) is 2.49. The third kappa shape index (κ3) is 3.38. The molecule has 0 bridgehead atoms. The minimum atomic E-state index is -0.616. The minimum Gasteiger partial charge on any atom is -0.394 e. The third-order valence-corrected chi connectivity index (χ3v) is 4.05. The van der Waals surface area contributed by atoms with Gasteiger partial charge in [0.2, 0.25) is 0 Å². The summed E-state index contributed by atoms with van der Waals surface area (Å²) in [5.74, 6) is 0.00331. The van der Waals surface area contributed by atoms with E-state index in [0.29, 0.717) is 6.61 Å². The Labute approximate surface area is 120 Å². The number of hydrogen-bond donors (Lipinski definition) is 2. The van der Waals surface area contributed by atoms with Crippen LogP contribution in [0.5, 0.6) is 0 Å². The van der Waals surface area contributed by atoms with Crippen LogP contribution in [0.25, 0.3) is 0 Å². The van der Waals surface area contributed by atoms with E-state index < -0.39 is 18.3 Å². The standard InChI is InChI=1S/C16H24O4/c1-3-13-11(2)15(18)16(14(9-17)20-13)19-10-12-7-5-4-6-8-12/h4-8,11,13-18H,3,9-10H2,1-2H3. The number of benzene rings is 1. The highest BCUT2D eigenvalue weighted by Gasteiger charge is 2.42. The van der Waals surface area contributed by atoms with Gasteiger partial charge >= 0.3 is 0 Å². The Morgan fingerprint density at radius 2 is 1.90 bits per heavy atom. The zero-order chi connectivity index (χ0) is 14.5. The van der Waals surface area contributed by atoms with Crippen LogP contribution in [0, 0.1) is 5.92 Å². The lowest BCUT2D eigenvalue weighted by atomic mass is 9.87. The molecule has 20 heavy (non-hydrogen) atoms. The average molecular weight is 280 g/mol. The molecule has 4 heteroatoms. The molecular formula is C16H24O4. The molecule has 112 valence electrons. The van der Waals surface area contributed by atoms with Crippen LogP contribution >= 0.6 is 0 Å². The first-order valence-corrected chi connectivity index (χ1v) is 7.27. The van der Waals surface area contributed by atoms with Gasteiger partial charge in [-0.25, -0.2) is 0 Å². The minimum absolute atomic E-state index is 0.00331. The SMILES string of the molecule is CCC1OC(CO)C(OCc2ccccc2)C(O)C1C. The maximum atomic E-state index is 10.4. The molecule has 1 heterocycles. The molecule has 1 fully saturated rings. The lowest BCUT2D eigenvalue weighted by Gasteiger charge is -2.43. The van der Waals surface area contributed by atoms with Crippen LogP contribution < -0.4 is 0 Å². The zero-order valence-electron chi connectivity index (χ0n) is 12.1. The van der Waals surface area contributed by atoms with E-state index in [9.17, 15) is 10.2 Å². The van der Waals surface area contributed by atoms with E-state index in [-0.39, 0.29) is 18.6 Å². The van der Waals surface area contributed by atoms with Crippen LogP contribution in [0.1, 0.15) is 25.8 Å². The molecule has 0 aromatic heterocycles. The number of hydrogen-bond acceptors (Lipinski definition) is 4. The summed E-state index contributed by atoms with van der Waals surface area (Å²) < 4.78 is 11.6. The number of aliphatic hydroxyl groups excluding tert-OH is 2. The summed E-state index contributed by atoms with van der Waals surface area (Å²) in [6.45, 7) is 4.25. The monoisotopic (exact) mass is 280 g/mol. The molecule has 0 amide bonds. The van der Waals surface area contributed by atoms with E-state index in [1.807, 2.05) is 44.2 Å². The Kier molecular flexibility index (Phi) is 5.54. The molecule has 0 spiro atoms. The van der Waals surface area contributed by atoms with Crippen LogP contribution in [0.2, 0.25) is 0 Å². The summed E-state index contributed by atoms with van der Waals surface area (Å²) in [7, 11) is 0. The Balaban J connectivity index is 2.01. The summed E-state index contributed by atoms with van der Waals surface area (Å²) in [4.78, 5) is 0. The fourth-order valence-electron chi connectivity index (χ4n) is 2.75. The first-order valence-electron chi connectivity index (χ1n) is 7.27. The van der Waals surface area contributed by atoms with Gasteiger partial charge in [-0.05, 0) is 12.0 Å². The van der Waals surface area contributed by atoms with Crippen molar-refractivity contribution in [3.8, 4) is 0 Å². The van der Waals surface area contributed by atoms with Crippen LogP contribution in [0.4, 0.5) is 0 Å². The highest BCUT2D eigenvalue weighted by Crippen LogP contribution is 2.29. The lowest BCUT2D eigenvalue weighted by molar-refractivity contribution is -0.224.